The number of rotatable bonds is 6. The largest absolute Gasteiger partial charge is 0.383 e. The maximum atomic E-state index is 12.7. The molecule has 7 nitrogen and oxygen atoms in total. The fraction of sp³-hybridized carbons (Fsp3) is 0.208. The van der Waals surface area contributed by atoms with Gasteiger partial charge in [-0.25, -0.2) is 4.79 Å². The van der Waals surface area contributed by atoms with Crippen LogP contribution >= 0.6 is 0 Å². The van der Waals surface area contributed by atoms with E-state index in [9.17, 15) is 14.4 Å². The first-order valence-corrected chi connectivity index (χ1v) is 10.00. The number of aromatic nitrogens is 2. The molecule has 0 bridgehead atoms. The molecule has 2 aromatic carbocycles. The second-order valence-electron chi connectivity index (χ2n) is 7.62. The van der Waals surface area contributed by atoms with E-state index >= 15 is 0 Å². The summed E-state index contributed by atoms with van der Waals surface area (Å²) in [5.41, 5.74) is 7.65. The summed E-state index contributed by atoms with van der Waals surface area (Å²) in [7, 11) is 1.45. The standard InChI is InChI=1S/C24H26N4O3/c1-16(2)19-12-9-17(10-13-19)11-14-20(29)27(3)21-22(25)28(24(31)26-23(21)30)15-18-7-5-4-6-8-18/h4-14,16H,15,25H2,1-3H3,(H,26,30,31)/b14-11+. The van der Waals surface area contributed by atoms with Crippen LogP contribution in [0.1, 0.15) is 36.5 Å². The van der Waals surface area contributed by atoms with Crippen molar-refractivity contribution < 1.29 is 4.79 Å². The Labute approximate surface area is 180 Å². The minimum absolute atomic E-state index is 0.0665. The van der Waals surface area contributed by atoms with Crippen molar-refractivity contribution in [2.45, 2.75) is 26.3 Å². The highest BCUT2D eigenvalue weighted by Gasteiger charge is 2.19. The lowest BCUT2D eigenvalue weighted by molar-refractivity contribution is -0.113. The molecule has 1 aromatic heterocycles. The van der Waals surface area contributed by atoms with Gasteiger partial charge in [0, 0.05) is 13.1 Å². The molecule has 0 spiro atoms. The molecule has 0 atom stereocenters. The highest BCUT2D eigenvalue weighted by Crippen LogP contribution is 2.18. The lowest BCUT2D eigenvalue weighted by Gasteiger charge is -2.19. The zero-order valence-electron chi connectivity index (χ0n) is 17.8. The minimum atomic E-state index is -0.711. The van der Waals surface area contributed by atoms with Crippen molar-refractivity contribution in [1.82, 2.24) is 9.55 Å². The molecule has 0 saturated heterocycles. The predicted octanol–water partition coefficient (Wildman–Crippen LogP) is 2.97. The number of benzene rings is 2. The summed E-state index contributed by atoms with van der Waals surface area (Å²) in [6.45, 7) is 4.40. The summed E-state index contributed by atoms with van der Waals surface area (Å²) in [6.07, 6.45) is 3.04. The van der Waals surface area contributed by atoms with Crippen LogP contribution in [0, 0.1) is 0 Å². The molecule has 1 amide bonds. The number of nitrogens with one attached hydrogen (secondary N) is 1. The van der Waals surface area contributed by atoms with Crippen LogP contribution in [0.25, 0.3) is 6.08 Å². The molecular weight excluding hydrogens is 392 g/mol. The number of hydrogen-bond donors (Lipinski definition) is 2. The van der Waals surface area contributed by atoms with E-state index in [1.54, 1.807) is 6.08 Å². The second kappa shape index (κ2) is 9.30. The summed E-state index contributed by atoms with van der Waals surface area (Å²) in [6, 6.07) is 17.1. The molecule has 7 heteroatoms. The molecule has 0 radical (unpaired) electrons. The third-order valence-electron chi connectivity index (χ3n) is 5.09. The van der Waals surface area contributed by atoms with Crippen LogP contribution in [0.15, 0.2) is 70.3 Å². The number of nitrogens with two attached hydrogens (primary N) is 1. The van der Waals surface area contributed by atoms with Crippen molar-refractivity contribution in [3.63, 3.8) is 0 Å². The lowest BCUT2D eigenvalue weighted by atomic mass is 10.0. The number of H-pyrrole nitrogens is 1. The molecule has 0 saturated carbocycles. The third-order valence-corrected chi connectivity index (χ3v) is 5.09. The van der Waals surface area contributed by atoms with Gasteiger partial charge in [0.25, 0.3) is 11.5 Å². The van der Waals surface area contributed by atoms with Gasteiger partial charge in [0.05, 0.1) is 6.54 Å². The summed E-state index contributed by atoms with van der Waals surface area (Å²) < 4.78 is 1.24. The van der Waals surface area contributed by atoms with Gasteiger partial charge in [0.2, 0.25) is 0 Å². The minimum Gasteiger partial charge on any atom is -0.383 e. The van der Waals surface area contributed by atoms with E-state index in [2.05, 4.69) is 18.8 Å². The van der Waals surface area contributed by atoms with Crippen LogP contribution < -0.4 is 21.9 Å². The number of likely N-dealkylation sites (N-methyl/N-ethyl adjacent to an activating group) is 1. The Hall–Kier alpha value is -3.87. The fourth-order valence-electron chi connectivity index (χ4n) is 3.21. The van der Waals surface area contributed by atoms with Crippen LogP contribution in [0.2, 0.25) is 0 Å². The zero-order valence-corrected chi connectivity index (χ0v) is 17.8. The zero-order chi connectivity index (χ0) is 22.5. The SMILES string of the molecule is CC(C)c1ccc(/C=C/C(=O)N(C)c2c(N)n(Cc3ccccc3)c(=O)[nH]c2=O)cc1. The smallest absolute Gasteiger partial charge is 0.330 e. The first kappa shape index (κ1) is 21.8. The number of amides is 1. The van der Waals surface area contributed by atoms with E-state index < -0.39 is 17.2 Å². The van der Waals surface area contributed by atoms with Gasteiger partial charge in [-0.05, 0) is 28.7 Å². The van der Waals surface area contributed by atoms with Gasteiger partial charge < -0.3 is 10.6 Å². The van der Waals surface area contributed by atoms with Gasteiger partial charge in [-0.2, -0.15) is 0 Å². The topological polar surface area (TPSA) is 101 Å². The molecule has 0 aliphatic rings. The van der Waals surface area contributed by atoms with Crippen molar-refractivity contribution in [3.8, 4) is 0 Å². The second-order valence-corrected chi connectivity index (χ2v) is 7.62. The molecule has 0 aliphatic carbocycles. The Morgan fingerprint density at radius 1 is 1.10 bits per heavy atom. The molecule has 160 valence electrons. The van der Waals surface area contributed by atoms with Crippen LogP contribution in [0.3, 0.4) is 0 Å². The number of anilines is 2. The van der Waals surface area contributed by atoms with E-state index in [0.717, 1.165) is 16.0 Å². The van der Waals surface area contributed by atoms with E-state index in [1.165, 1.54) is 23.3 Å². The number of aromatic amines is 1. The Kier molecular flexibility index (Phi) is 6.55. The number of nitrogen functional groups attached to an aromatic ring is 1. The molecular formula is C24H26N4O3. The first-order valence-electron chi connectivity index (χ1n) is 10.00. The quantitative estimate of drug-likeness (QED) is 0.601. The monoisotopic (exact) mass is 418 g/mol. The Morgan fingerprint density at radius 3 is 2.35 bits per heavy atom. The van der Waals surface area contributed by atoms with Gasteiger partial charge in [0.1, 0.15) is 5.82 Å². The average molecular weight is 418 g/mol. The molecule has 0 fully saturated rings. The Balaban J connectivity index is 1.87. The highest BCUT2D eigenvalue weighted by atomic mass is 16.2. The van der Waals surface area contributed by atoms with Gasteiger partial charge in [-0.1, -0.05) is 68.4 Å². The molecule has 1 heterocycles. The van der Waals surface area contributed by atoms with Gasteiger partial charge >= 0.3 is 5.69 Å². The highest BCUT2D eigenvalue weighted by molar-refractivity contribution is 6.04. The normalized spacial score (nSPS) is 11.2. The molecule has 0 unspecified atom stereocenters. The Bertz CT molecular complexity index is 1210. The van der Waals surface area contributed by atoms with Crippen LogP contribution in [0.4, 0.5) is 11.5 Å². The molecule has 31 heavy (non-hydrogen) atoms. The van der Waals surface area contributed by atoms with Crippen molar-refractivity contribution in [2.24, 2.45) is 0 Å². The number of carbonyl (C=O) groups is 1. The Morgan fingerprint density at radius 2 is 1.74 bits per heavy atom. The summed E-state index contributed by atoms with van der Waals surface area (Å²) >= 11 is 0. The predicted molar refractivity (Wildman–Crippen MR) is 124 cm³/mol. The van der Waals surface area contributed by atoms with Gasteiger partial charge in [-0.15, -0.1) is 0 Å². The van der Waals surface area contributed by atoms with Crippen molar-refractivity contribution in [3.05, 3.63) is 98.2 Å². The number of hydrogen-bond acceptors (Lipinski definition) is 4. The third kappa shape index (κ3) is 5.01. The molecule has 3 aromatic rings. The van der Waals surface area contributed by atoms with E-state index in [4.69, 9.17) is 5.73 Å². The van der Waals surface area contributed by atoms with Crippen LogP contribution in [-0.4, -0.2) is 22.5 Å². The lowest BCUT2D eigenvalue weighted by Crippen LogP contribution is -2.39. The van der Waals surface area contributed by atoms with E-state index in [0.29, 0.717) is 5.92 Å². The van der Waals surface area contributed by atoms with Crippen molar-refractivity contribution >= 4 is 23.5 Å². The van der Waals surface area contributed by atoms with Gasteiger partial charge in [0.15, 0.2) is 5.69 Å². The molecule has 0 aliphatic heterocycles. The number of nitrogens with zero attached hydrogens (tertiary/aromatic N) is 2. The fourth-order valence-corrected chi connectivity index (χ4v) is 3.21. The van der Waals surface area contributed by atoms with Crippen LogP contribution in [-0.2, 0) is 11.3 Å². The van der Waals surface area contributed by atoms with E-state index in [1.807, 2.05) is 54.6 Å². The van der Waals surface area contributed by atoms with Gasteiger partial charge in [-0.3, -0.25) is 19.1 Å². The van der Waals surface area contributed by atoms with Crippen molar-refractivity contribution in [2.75, 3.05) is 17.7 Å². The maximum Gasteiger partial charge on any atom is 0.330 e. The summed E-state index contributed by atoms with van der Waals surface area (Å²) in [5, 5.41) is 0. The molecule has 3 rings (SSSR count). The van der Waals surface area contributed by atoms with Crippen LogP contribution in [0.5, 0.6) is 0 Å². The maximum absolute atomic E-state index is 12.7. The number of carbonyl (C=O) groups excluding carboxylic acids is 1. The first-order chi connectivity index (χ1) is 14.8. The molecule has 3 N–H and O–H groups in total. The van der Waals surface area contributed by atoms with Crippen molar-refractivity contribution in [1.29, 1.82) is 0 Å². The summed E-state index contributed by atoms with van der Waals surface area (Å²) in [4.78, 5) is 40.8. The average Bonchev–Trinajstić information content (AvgIpc) is 2.75. The summed E-state index contributed by atoms with van der Waals surface area (Å²) in [5.74, 6) is -0.0785. The van der Waals surface area contributed by atoms with E-state index in [-0.39, 0.29) is 18.1 Å².